The molecule has 3 fully saturated rings. The monoisotopic (exact) mass is 399 g/mol. The van der Waals surface area contributed by atoms with Gasteiger partial charge in [0.1, 0.15) is 5.82 Å². The van der Waals surface area contributed by atoms with E-state index in [0.29, 0.717) is 30.8 Å². The fraction of sp³-hybridized carbons (Fsp3) is 0.571. The van der Waals surface area contributed by atoms with Gasteiger partial charge in [0, 0.05) is 45.6 Å². The molecule has 3 atom stereocenters. The zero-order valence-corrected chi connectivity index (χ0v) is 16.8. The van der Waals surface area contributed by atoms with E-state index >= 15 is 0 Å². The van der Waals surface area contributed by atoms with Gasteiger partial charge in [-0.05, 0) is 36.5 Å². The molecule has 2 amide bonds. The highest BCUT2D eigenvalue weighted by Gasteiger charge is 2.49. The Bertz CT molecular complexity index is 912. The maximum Gasteiger partial charge on any atom is 0.320 e. The van der Waals surface area contributed by atoms with Crippen LogP contribution in [0.25, 0.3) is 0 Å². The van der Waals surface area contributed by atoms with Crippen LogP contribution in [0.4, 0.5) is 9.18 Å². The number of nitrogens with zero attached hydrogens (tertiary/aromatic N) is 5. The molecule has 1 saturated carbocycles. The lowest BCUT2D eigenvalue weighted by Gasteiger charge is -2.31. The van der Waals surface area contributed by atoms with E-state index in [2.05, 4.69) is 15.0 Å². The molecule has 0 N–H and O–H groups in total. The zero-order chi connectivity index (χ0) is 20.1. The van der Waals surface area contributed by atoms with Crippen molar-refractivity contribution >= 4 is 6.03 Å². The highest BCUT2D eigenvalue weighted by Crippen LogP contribution is 2.45. The van der Waals surface area contributed by atoms with E-state index in [4.69, 9.17) is 4.52 Å². The van der Waals surface area contributed by atoms with Crippen molar-refractivity contribution in [3.8, 4) is 0 Å². The van der Waals surface area contributed by atoms with Crippen LogP contribution in [0.5, 0.6) is 0 Å². The lowest BCUT2D eigenvalue weighted by atomic mass is 9.89. The third-order valence-corrected chi connectivity index (χ3v) is 6.34. The molecule has 1 aromatic carbocycles. The second-order valence-electron chi connectivity index (χ2n) is 8.77. The quantitative estimate of drug-likeness (QED) is 0.791. The Morgan fingerprint density at radius 3 is 2.83 bits per heavy atom. The van der Waals surface area contributed by atoms with E-state index in [1.807, 2.05) is 11.0 Å². The molecule has 0 bridgehead atoms. The molecule has 0 unspecified atom stereocenters. The minimum Gasteiger partial charge on any atom is -0.338 e. The topological polar surface area (TPSA) is 65.7 Å². The molecule has 0 spiro atoms. The number of hydrogen-bond donors (Lipinski definition) is 0. The fourth-order valence-corrected chi connectivity index (χ4v) is 4.87. The zero-order valence-electron chi connectivity index (χ0n) is 16.8. The molecule has 5 rings (SSSR count). The number of benzene rings is 1. The van der Waals surface area contributed by atoms with Gasteiger partial charge in [0.05, 0.1) is 12.6 Å². The Balaban J connectivity index is 1.35. The van der Waals surface area contributed by atoms with Crippen molar-refractivity contribution < 1.29 is 13.7 Å². The van der Waals surface area contributed by atoms with Crippen LogP contribution in [-0.4, -0.2) is 64.6 Å². The van der Waals surface area contributed by atoms with E-state index in [1.165, 1.54) is 6.07 Å². The van der Waals surface area contributed by atoms with Crippen LogP contribution < -0.4 is 0 Å². The average Bonchev–Trinajstić information content (AvgIpc) is 3.15. The molecule has 2 saturated heterocycles. The molecule has 3 aliphatic rings. The van der Waals surface area contributed by atoms with Gasteiger partial charge < -0.3 is 14.3 Å². The summed E-state index contributed by atoms with van der Waals surface area (Å²) in [5, 5.41) is 4.11. The minimum atomic E-state index is -0.267. The molecule has 8 heteroatoms. The Morgan fingerprint density at radius 2 is 2.10 bits per heavy atom. The standard InChI is InChI=1S/C21H26FN5O2/c1-25(2)21(28)27-10-15-9-26(12-18-23-20(24-29-18)13-6-7-13)11-17(15)19(27)14-4-3-5-16(22)8-14/h3-5,8,13,15,17,19H,6-7,9-12H2,1-2H3/t15-,17-,19+/m1/s1. The van der Waals surface area contributed by atoms with Crippen LogP contribution in [0.15, 0.2) is 28.8 Å². The summed E-state index contributed by atoms with van der Waals surface area (Å²) < 4.78 is 19.4. The van der Waals surface area contributed by atoms with Crippen LogP contribution in [0, 0.1) is 17.7 Å². The summed E-state index contributed by atoms with van der Waals surface area (Å²) >= 11 is 0. The third-order valence-electron chi connectivity index (χ3n) is 6.34. The molecule has 3 heterocycles. The van der Waals surface area contributed by atoms with Gasteiger partial charge in [-0.1, -0.05) is 17.3 Å². The van der Waals surface area contributed by atoms with Gasteiger partial charge >= 0.3 is 6.03 Å². The molecule has 154 valence electrons. The van der Waals surface area contributed by atoms with Crippen molar-refractivity contribution in [2.24, 2.45) is 11.8 Å². The van der Waals surface area contributed by atoms with Crippen LogP contribution >= 0.6 is 0 Å². The number of urea groups is 1. The average molecular weight is 399 g/mol. The van der Waals surface area contributed by atoms with E-state index < -0.39 is 0 Å². The van der Waals surface area contributed by atoms with Crippen LogP contribution in [-0.2, 0) is 6.54 Å². The van der Waals surface area contributed by atoms with E-state index in [1.54, 1.807) is 31.1 Å². The Kier molecular flexibility index (Phi) is 4.53. The molecule has 29 heavy (non-hydrogen) atoms. The van der Waals surface area contributed by atoms with Gasteiger partial charge in [-0.25, -0.2) is 9.18 Å². The van der Waals surface area contributed by atoms with E-state index in [-0.39, 0.29) is 23.8 Å². The summed E-state index contributed by atoms with van der Waals surface area (Å²) in [6.07, 6.45) is 2.30. The molecule has 7 nitrogen and oxygen atoms in total. The maximum absolute atomic E-state index is 13.9. The van der Waals surface area contributed by atoms with Crippen molar-refractivity contribution in [3.05, 3.63) is 47.4 Å². The normalized spacial score (nSPS) is 26.7. The third kappa shape index (κ3) is 3.50. The molecule has 1 aromatic heterocycles. The smallest absolute Gasteiger partial charge is 0.320 e. The lowest BCUT2D eigenvalue weighted by molar-refractivity contribution is 0.149. The molecule has 2 aromatic rings. The summed E-state index contributed by atoms with van der Waals surface area (Å²) in [6, 6.07) is 6.51. The van der Waals surface area contributed by atoms with Crippen LogP contribution in [0.2, 0.25) is 0 Å². The predicted molar refractivity (Wildman–Crippen MR) is 103 cm³/mol. The number of carbonyl (C=O) groups excluding carboxylic acids is 1. The summed E-state index contributed by atoms with van der Waals surface area (Å²) in [4.78, 5) is 23.2. The van der Waals surface area contributed by atoms with Gasteiger partial charge in [-0.15, -0.1) is 0 Å². The molecule has 0 radical (unpaired) electrons. The summed E-state index contributed by atoms with van der Waals surface area (Å²) in [5.41, 5.74) is 0.864. The molecular weight excluding hydrogens is 373 g/mol. The predicted octanol–water partition coefficient (Wildman–Crippen LogP) is 2.87. The van der Waals surface area contributed by atoms with Crippen LogP contribution in [0.3, 0.4) is 0 Å². The largest absolute Gasteiger partial charge is 0.338 e. The number of hydrogen-bond acceptors (Lipinski definition) is 5. The molecular formula is C21H26FN5O2. The number of fused-ring (bicyclic) bond motifs is 1. The highest BCUT2D eigenvalue weighted by molar-refractivity contribution is 5.75. The second kappa shape index (κ2) is 7.09. The van der Waals surface area contributed by atoms with Gasteiger partial charge in [0.25, 0.3) is 0 Å². The van der Waals surface area contributed by atoms with Gasteiger partial charge in [0.15, 0.2) is 5.82 Å². The number of rotatable bonds is 4. The first kappa shape index (κ1) is 18.5. The minimum absolute atomic E-state index is 0.0220. The summed E-state index contributed by atoms with van der Waals surface area (Å²) in [7, 11) is 3.52. The summed E-state index contributed by atoms with van der Waals surface area (Å²) in [5.74, 6) is 2.31. The van der Waals surface area contributed by atoms with Crippen molar-refractivity contribution in [1.82, 2.24) is 24.8 Å². The Morgan fingerprint density at radius 1 is 1.28 bits per heavy atom. The van der Waals surface area contributed by atoms with Crippen molar-refractivity contribution in [1.29, 1.82) is 0 Å². The lowest BCUT2D eigenvalue weighted by Crippen LogP contribution is -2.41. The van der Waals surface area contributed by atoms with E-state index in [0.717, 1.165) is 37.3 Å². The number of amides is 2. The molecule has 2 aliphatic heterocycles. The van der Waals surface area contributed by atoms with Gasteiger partial charge in [0.2, 0.25) is 5.89 Å². The Hall–Kier alpha value is -2.48. The SMILES string of the molecule is CN(C)C(=O)N1C[C@H]2CN(Cc3nc(C4CC4)no3)C[C@H]2[C@@H]1c1cccc(F)c1. The number of likely N-dealkylation sites (tertiary alicyclic amines) is 2. The van der Waals surface area contributed by atoms with Gasteiger partial charge in [-0.2, -0.15) is 4.98 Å². The van der Waals surface area contributed by atoms with Crippen LogP contribution in [0.1, 0.15) is 42.1 Å². The Labute approximate surface area is 169 Å². The summed E-state index contributed by atoms with van der Waals surface area (Å²) in [6.45, 7) is 3.00. The first-order valence-electron chi connectivity index (χ1n) is 10.3. The number of halogens is 1. The molecule has 1 aliphatic carbocycles. The maximum atomic E-state index is 13.9. The van der Waals surface area contributed by atoms with Gasteiger partial charge in [-0.3, -0.25) is 4.90 Å². The van der Waals surface area contributed by atoms with E-state index in [9.17, 15) is 9.18 Å². The van der Waals surface area contributed by atoms with Crippen molar-refractivity contribution in [2.45, 2.75) is 31.3 Å². The first-order valence-corrected chi connectivity index (χ1v) is 10.3. The van der Waals surface area contributed by atoms with Crippen molar-refractivity contribution in [2.75, 3.05) is 33.7 Å². The van der Waals surface area contributed by atoms with Crippen molar-refractivity contribution in [3.63, 3.8) is 0 Å². The number of carbonyl (C=O) groups is 1. The fourth-order valence-electron chi connectivity index (χ4n) is 4.87. The highest BCUT2D eigenvalue weighted by atomic mass is 19.1. The number of aromatic nitrogens is 2. The first-order chi connectivity index (χ1) is 14.0. The second-order valence-corrected chi connectivity index (χ2v) is 8.77.